The van der Waals surface area contributed by atoms with Crippen molar-refractivity contribution in [2.45, 2.75) is 58.5 Å². The van der Waals surface area contributed by atoms with E-state index in [-0.39, 0.29) is 6.54 Å². The Morgan fingerprint density at radius 3 is 2.19 bits per heavy atom. The Hall–Kier alpha value is -1.40. The van der Waals surface area contributed by atoms with E-state index in [0.717, 1.165) is 19.3 Å². The van der Waals surface area contributed by atoms with Crippen LogP contribution in [0.3, 0.4) is 0 Å². The van der Waals surface area contributed by atoms with Gasteiger partial charge in [-0.3, -0.25) is 4.48 Å². The first kappa shape index (κ1) is 19.6. The van der Waals surface area contributed by atoms with Crippen LogP contribution in [0.4, 0.5) is 0 Å². The number of hydrogen-bond acceptors (Lipinski definition) is 4. The van der Waals surface area contributed by atoms with Crippen LogP contribution in [0, 0.1) is 0 Å². The number of unbranched alkanes of at least 4 members (excludes halogenated alkanes) is 2. The second-order valence-corrected chi connectivity index (χ2v) is 5.38. The number of quaternary nitrogens is 1. The first-order chi connectivity index (χ1) is 9.83. The number of hydrogen-bond donors (Lipinski definition) is 2. The van der Waals surface area contributed by atoms with Crippen LogP contribution in [0.15, 0.2) is 12.2 Å². The largest absolute Gasteiger partial charge is 0.544 e. The third-order valence-electron chi connectivity index (χ3n) is 4.07. The highest BCUT2D eigenvalue weighted by Crippen LogP contribution is 2.21. The number of allylic oxidation sites excluding steroid dienone is 2. The van der Waals surface area contributed by atoms with E-state index in [1.165, 1.54) is 13.8 Å². The van der Waals surface area contributed by atoms with Gasteiger partial charge in [-0.15, -0.1) is 0 Å². The van der Waals surface area contributed by atoms with Crippen LogP contribution >= 0.6 is 0 Å². The van der Waals surface area contributed by atoms with Gasteiger partial charge in [-0.1, -0.05) is 25.5 Å². The standard InChI is InChI=1S/C15H27NO5/c1-4-5-6-7-8-9-10-16(11-17,12(2)14(18)19)13(3)15(20)21/h6-7,12-13,17H,4-5,8-11H2,1-3H3,(H-,18,19,20,21)/b7-6+. The van der Waals surface area contributed by atoms with Crippen LogP contribution in [-0.4, -0.2) is 52.0 Å². The molecule has 0 rings (SSSR count). The maximum atomic E-state index is 11.3. The van der Waals surface area contributed by atoms with Crippen molar-refractivity contribution in [1.82, 2.24) is 0 Å². The zero-order valence-corrected chi connectivity index (χ0v) is 13.1. The summed E-state index contributed by atoms with van der Waals surface area (Å²) in [5.74, 6) is -2.47. The highest BCUT2D eigenvalue weighted by molar-refractivity contribution is 5.73. The highest BCUT2D eigenvalue weighted by Gasteiger charge is 2.43. The number of aliphatic hydroxyl groups is 1. The predicted molar refractivity (Wildman–Crippen MR) is 77.1 cm³/mol. The van der Waals surface area contributed by atoms with Crippen LogP contribution in [0.2, 0.25) is 0 Å². The molecule has 21 heavy (non-hydrogen) atoms. The molecule has 0 aromatic heterocycles. The summed E-state index contributed by atoms with van der Waals surface area (Å²) in [4.78, 5) is 22.4. The molecule has 0 amide bonds. The summed E-state index contributed by atoms with van der Waals surface area (Å²) in [7, 11) is 0. The lowest BCUT2D eigenvalue weighted by Gasteiger charge is -2.44. The van der Waals surface area contributed by atoms with Gasteiger partial charge in [0.1, 0.15) is 6.04 Å². The molecular weight excluding hydrogens is 274 g/mol. The summed E-state index contributed by atoms with van der Waals surface area (Å²) in [5.41, 5.74) is 0. The van der Waals surface area contributed by atoms with Gasteiger partial charge in [0.05, 0.1) is 12.5 Å². The van der Waals surface area contributed by atoms with Crippen molar-refractivity contribution in [2.24, 2.45) is 0 Å². The minimum absolute atomic E-state index is 0.273. The van der Waals surface area contributed by atoms with Crippen LogP contribution in [0.5, 0.6) is 0 Å². The van der Waals surface area contributed by atoms with E-state index in [4.69, 9.17) is 0 Å². The molecule has 0 fully saturated rings. The van der Waals surface area contributed by atoms with Gasteiger partial charge in [0.25, 0.3) is 0 Å². The third kappa shape index (κ3) is 5.47. The molecule has 0 saturated carbocycles. The van der Waals surface area contributed by atoms with Crippen molar-refractivity contribution < 1.29 is 29.4 Å². The predicted octanol–water partition coefficient (Wildman–Crippen LogP) is 0.501. The van der Waals surface area contributed by atoms with Crippen molar-refractivity contribution in [1.29, 1.82) is 0 Å². The van der Waals surface area contributed by atoms with E-state index in [2.05, 4.69) is 13.0 Å². The number of carbonyl (C=O) groups is 2. The van der Waals surface area contributed by atoms with E-state index >= 15 is 0 Å². The molecule has 6 nitrogen and oxygen atoms in total. The number of rotatable bonds is 11. The van der Waals surface area contributed by atoms with Crippen LogP contribution in [0.1, 0.15) is 46.5 Å². The molecule has 3 unspecified atom stereocenters. The molecule has 122 valence electrons. The van der Waals surface area contributed by atoms with Gasteiger partial charge < -0.3 is 20.1 Å². The van der Waals surface area contributed by atoms with Crippen LogP contribution in [0.25, 0.3) is 0 Å². The van der Waals surface area contributed by atoms with E-state index in [9.17, 15) is 24.9 Å². The Kier molecular flexibility index (Phi) is 8.89. The number of aliphatic hydroxyl groups excluding tert-OH is 1. The molecule has 0 saturated heterocycles. The topological polar surface area (TPSA) is 97.7 Å². The van der Waals surface area contributed by atoms with Crippen molar-refractivity contribution in [3.05, 3.63) is 12.2 Å². The molecule has 0 bridgehead atoms. The maximum absolute atomic E-state index is 11.3. The average molecular weight is 301 g/mol. The fraction of sp³-hybridized carbons (Fsp3) is 0.733. The van der Waals surface area contributed by atoms with Crippen molar-refractivity contribution in [3.63, 3.8) is 0 Å². The Labute approximate surface area is 126 Å². The number of aliphatic carboxylic acids is 2. The number of nitrogens with zero attached hydrogens (tertiary/aromatic N) is 1. The summed E-state index contributed by atoms with van der Waals surface area (Å²) in [6, 6.07) is -2.09. The SMILES string of the molecule is CCC/C=C/CCC[N+](CO)(C(C)C(=O)[O-])C(C)C(=O)O. The third-order valence-corrected chi connectivity index (χ3v) is 4.07. The molecule has 0 spiro atoms. The number of carboxylic acid groups (broad SMARTS) is 2. The lowest BCUT2D eigenvalue weighted by atomic mass is 10.1. The van der Waals surface area contributed by atoms with E-state index in [0.29, 0.717) is 6.42 Å². The van der Waals surface area contributed by atoms with Crippen LogP contribution in [-0.2, 0) is 9.59 Å². The van der Waals surface area contributed by atoms with Crippen LogP contribution < -0.4 is 5.11 Å². The molecule has 0 aromatic rings. The number of carbonyl (C=O) groups excluding carboxylic acids is 1. The van der Waals surface area contributed by atoms with Gasteiger partial charge in [0, 0.05) is 6.42 Å². The van der Waals surface area contributed by atoms with Gasteiger partial charge in [-0.25, -0.2) is 4.79 Å². The smallest absolute Gasteiger partial charge is 0.362 e. The fourth-order valence-corrected chi connectivity index (χ4v) is 2.37. The zero-order valence-electron chi connectivity index (χ0n) is 13.1. The molecule has 0 aliphatic carbocycles. The van der Waals surface area contributed by atoms with Crippen molar-refractivity contribution in [3.8, 4) is 0 Å². The first-order valence-electron chi connectivity index (χ1n) is 7.39. The lowest BCUT2D eigenvalue weighted by Crippen LogP contribution is -2.67. The maximum Gasteiger partial charge on any atom is 0.362 e. The lowest BCUT2D eigenvalue weighted by molar-refractivity contribution is -0.972. The monoisotopic (exact) mass is 301 g/mol. The second kappa shape index (κ2) is 9.52. The minimum atomic E-state index is -1.35. The molecule has 0 heterocycles. The average Bonchev–Trinajstić information content (AvgIpc) is 2.45. The molecule has 0 aliphatic heterocycles. The summed E-state index contributed by atoms with van der Waals surface area (Å²) >= 11 is 0. The molecular formula is C15H27NO5. The van der Waals surface area contributed by atoms with Gasteiger partial charge in [0.15, 0.2) is 12.8 Å². The zero-order chi connectivity index (χ0) is 16.5. The van der Waals surface area contributed by atoms with Gasteiger partial charge in [0.2, 0.25) is 0 Å². The van der Waals surface area contributed by atoms with Gasteiger partial charge in [-0.2, -0.15) is 0 Å². The fourth-order valence-electron chi connectivity index (χ4n) is 2.37. The van der Waals surface area contributed by atoms with E-state index in [1.807, 2.05) is 6.08 Å². The molecule has 3 atom stereocenters. The highest BCUT2D eigenvalue weighted by atomic mass is 16.4. The Morgan fingerprint density at radius 2 is 1.76 bits per heavy atom. The summed E-state index contributed by atoms with van der Waals surface area (Å²) in [6.45, 7) is 4.62. The second-order valence-electron chi connectivity index (χ2n) is 5.38. The van der Waals surface area contributed by atoms with E-state index in [1.54, 1.807) is 0 Å². The Morgan fingerprint density at radius 1 is 1.19 bits per heavy atom. The van der Waals surface area contributed by atoms with Crippen molar-refractivity contribution in [2.75, 3.05) is 13.3 Å². The summed E-state index contributed by atoms with van der Waals surface area (Å²) < 4.78 is -0.417. The molecule has 6 heteroatoms. The molecule has 0 aliphatic rings. The first-order valence-corrected chi connectivity index (χ1v) is 7.39. The molecule has 0 aromatic carbocycles. The number of carboxylic acids is 2. The van der Waals surface area contributed by atoms with Gasteiger partial charge in [-0.05, 0) is 26.7 Å². The molecule has 2 N–H and O–H groups in total. The Bertz CT molecular complexity index is 347. The van der Waals surface area contributed by atoms with Gasteiger partial charge >= 0.3 is 5.97 Å². The summed E-state index contributed by atoms with van der Waals surface area (Å²) in [6.07, 6.45) is 7.44. The Balaban J connectivity index is 4.95. The quantitative estimate of drug-likeness (QED) is 0.251. The van der Waals surface area contributed by atoms with E-state index < -0.39 is 35.2 Å². The minimum Gasteiger partial charge on any atom is -0.544 e. The van der Waals surface area contributed by atoms with Crippen molar-refractivity contribution >= 4 is 11.9 Å². The molecule has 0 radical (unpaired) electrons. The summed E-state index contributed by atoms with van der Waals surface area (Å²) in [5, 5.41) is 30.0. The normalized spacial score (nSPS) is 17.3.